The fourth-order valence-electron chi connectivity index (χ4n) is 3.12. The van der Waals surface area contributed by atoms with Gasteiger partial charge in [-0.25, -0.2) is 9.50 Å². The molecule has 30 heavy (non-hydrogen) atoms. The van der Waals surface area contributed by atoms with Crippen LogP contribution in [0.2, 0.25) is 5.02 Å². The SMILES string of the molecule is CC(C)Oc1ccc(-c2cc(C(F)(F)F)n3ncc(-c4ccc(Cl)cc4)c3n2)cc1. The van der Waals surface area contributed by atoms with Gasteiger partial charge >= 0.3 is 6.18 Å². The average Bonchev–Trinajstić information content (AvgIpc) is 3.11. The van der Waals surface area contributed by atoms with E-state index in [2.05, 4.69) is 10.1 Å². The number of ether oxygens (including phenoxy) is 1. The van der Waals surface area contributed by atoms with Crippen molar-refractivity contribution in [1.29, 1.82) is 0 Å². The molecule has 0 fully saturated rings. The molecule has 2 aromatic carbocycles. The van der Waals surface area contributed by atoms with Gasteiger partial charge in [0.2, 0.25) is 0 Å². The maximum Gasteiger partial charge on any atom is 0.433 e. The maximum absolute atomic E-state index is 13.8. The van der Waals surface area contributed by atoms with Gasteiger partial charge in [-0.1, -0.05) is 23.7 Å². The molecule has 0 amide bonds. The van der Waals surface area contributed by atoms with Gasteiger partial charge in [0.05, 0.1) is 18.0 Å². The summed E-state index contributed by atoms with van der Waals surface area (Å²) in [4.78, 5) is 4.50. The second kappa shape index (κ2) is 7.65. The van der Waals surface area contributed by atoms with Gasteiger partial charge in [-0.3, -0.25) is 0 Å². The molecular weight excluding hydrogens is 415 g/mol. The molecule has 154 valence electrons. The highest BCUT2D eigenvalue weighted by atomic mass is 35.5. The van der Waals surface area contributed by atoms with Crippen molar-refractivity contribution >= 4 is 17.2 Å². The van der Waals surface area contributed by atoms with Crippen LogP contribution in [0.3, 0.4) is 0 Å². The maximum atomic E-state index is 13.8. The highest BCUT2D eigenvalue weighted by Crippen LogP contribution is 2.35. The van der Waals surface area contributed by atoms with Gasteiger partial charge < -0.3 is 4.74 Å². The molecule has 4 aromatic rings. The minimum atomic E-state index is -4.60. The molecule has 0 saturated heterocycles. The number of alkyl halides is 3. The van der Waals surface area contributed by atoms with Crippen LogP contribution in [0.5, 0.6) is 5.75 Å². The fraction of sp³-hybridized carbons (Fsp3) is 0.182. The molecule has 0 aliphatic rings. The molecule has 0 N–H and O–H groups in total. The lowest BCUT2D eigenvalue weighted by atomic mass is 10.1. The molecule has 0 aliphatic heterocycles. The van der Waals surface area contributed by atoms with Crippen LogP contribution in [0, 0.1) is 0 Å². The second-order valence-electron chi connectivity index (χ2n) is 7.02. The molecule has 8 heteroatoms. The number of hydrogen-bond acceptors (Lipinski definition) is 3. The number of benzene rings is 2. The number of fused-ring (bicyclic) bond motifs is 1. The van der Waals surface area contributed by atoms with Crippen LogP contribution in [0.4, 0.5) is 13.2 Å². The molecule has 0 atom stereocenters. The predicted molar refractivity (Wildman–Crippen MR) is 110 cm³/mol. The summed E-state index contributed by atoms with van der Waals surface area (Å²) in [6.07, 6.45) is -3.22. The van der Waals surface area contributed by atoms with E-state index < -0.39 is 11.9 Å². The van der Waals surface area contributed by atoms with Crippen LogP contribution in [-0.2, 0) is 6.18 Å². The van der Waals surface area contributed by atoms with Crippen molar-refractivity contribution < 1.29 is 17.9 Å². The number of halogens is 4. The Morgan fingerprint density at radius 1 is 0.967 bits per heavy atom. The quantitative estimate of drug-likeness (QED) is 0.369. The molecule has 2 heterocycles. The van der Waals surface area contributed by atoms with E-state index >= 15 is 0 Å². The zero-order chi connectivity index (χ0) is 21.5. The number of hydrogen-bond donors (Lipinski definition) is 0. The van der Waals surface area contributed by atoms with E-state index in [1.165, 1.54) is 6.20 Å². The lowest BCUT2D eigenvalue weighted by Gasteiger charge is -2.13. The van der Waals surface area contributed by atoms with E-state index in [1.807, 2.05) is 13.8 Å². The van der Waals surface area contributed by atoms with Crippen LogP contribution in [-0.4, -0.2) is 20.7 Å². The van der Waals surface area contributed by atoms with Crippen LogP contribution in [0.1, 0.15) is 19.5 Å². The largest absolute Gasteiger partial charge is 0.491 e. The standard InChI is InChI=1S/C22H17ClF3N3O/c1-13(2)30-17-9-5-15(6-10-17)19-11-20(22(24,25)26)29-21(28-19)18(12-27-29)14-3-7-16(23)8-4-14/h3-13H,1-2H3. The minimum absolute atomic E-state index is 0.00381. The van der Waals surface area contributed by atoms with E-state index in [1.54, 1.807) is 48.5 Å². The summed E-state index contributed by atoms with van der Waals surface area (Å²) in [6.45, 7) is 3.80. The molecule has 0 bridgehead atoms. The first kappa shape index (κ1) is 20.2. The van der Waals surface area contributed by atoms with E-state index in [0.29, 0.717) is 27.5 Å². The molecule has 0 radical (unpaired) electrons. The Morgan fingerprint density at radius 3 is 2.20 bits per heavy atom. The van der Waals surface area contributed by atoms with Crippen molar-refractivity contribution in [3.63, 3.8) is 0 Å². The number of nitrogens with zero attached hydrogens (tertiary/aromatic N) is 3. The monoisotopic (exact) mass is 431 g/mol. The molecule has 4 nitrogen and oxygen atoms in total. The van der Waals surface area contributed by atoms with Crippen molar-refractivity contribution in [3.8, 4) is 28.1 Å². The first-order valence-electron chi connectivity index (χ1n) is 9.21. The Bertz CT molecular complexity index is 1180. The summed E-state index contributed by atoms with van der Waals surface area (Å²) in [5, 5.41) is 4.48. The van der Waals surface area contributed by atoms with Crippen LogP contribution < -0.4 is 4.74 Å². The van der Waals surface area contributed by atoms with E-state index in [-0.39, 0.29) is 17.4 Å². The van der Waals surface area contributed by atoms with Gasteiger partial charge in [-0.15, -0.1) is 0 Å². The Morgan fingerprint density at radius 2 is 1.60 bits per heavy atom. The second-order valence-corrected chi connectivity index (χ2v) is 7.45. The van der Waals surface area contributed by atoms with Crippen molar-refractivity contribution in [2.75, 3.05) is 0 Å². The third-order valence-corrected chi connectivity index (χ3v) is 4.69. The highest BCUT2D eigenvalue weighted by molar-refractivity contribution is 6.30. The van der Waals surface area contributed by atoms with E-state index in [9.17, 15) is 13.2 Å². The predicted octanol–water partition coefficient (Wildman–Crippen LogP) is 6.52. The highest BCUT2D eigenvalue weighted by Gasteiger charge is 2.35. The van der Waals surface area contributed by atoms with E-state index in [0.717, 1.165) is 10.6 Å². The minimum Gasteiger partial charge on any atom is -0.491 e. The van der Waals surface area contributed by atoms with E-state index in [4.69, 9.17) is 16.3 Å². The molecule has 0 saturated carbocycles. The topological polar surface area (TPSA) is 39.4 Å². The Hall–Kier alpha value is -3.06. The van der Waals surface area contributed by atoms with Gasteiger partial charge in [0.25, 0.3) is 0 Å². The van der Waals surface area contributed by atoms with Crippen molar-refractivity contribution in [1.82, 2.24) is 14.6 Å². The van der Waals surface area contributed by atoms with Gasteiger partial charge in [0.1, 0.15) is 5.75 Å². The van der Waals surface area contributed by atoms with Crippen LogP contribution >= 0.6 is 11.6 Å². The Balaban J connectivity index is 1.88. The lowest BCUT2D eigenvalue weighted by Crippen LogP contribution is -2.13. The third-order valence-electron chi connectivity index (χ3n) is 4.44. The summed E-state index contributed by atoms with van der Waals surface area (Å²) in [7, 11) is 0. The smallest absolute Gasteiger partial charge is 0.433 e. The van der Waals surface area contributed by atoms with Gasteiger partial charge in [0, 0.05) is 16.1 Å². The molecule has 0 spiro atoms. The van der Waals surface area contributed by atoms with Crippen molar-refractivity contribution in [3.05, 3.63) is 71.5 Å². The third kappa shape index (κ3) is 3.98. The fourth-order valence-corrected chi connectivity index (χ4v) is 3.25. The lowest BCUT2D eigenvalue weighted by molar-refractivity contribution is -0.142. The molecule has 0 aliphatic carbocycles. The summed E-state index contributed by atoms with van der Waals surface area (Å²) >= 11 is 5.93. The number of aromatic nitrogens is 3. The molecule has 4 rings (SSSR count). The average molecular weight is 432 g/mol. The Kier molecular flexibility index (Phi) is 5.15. The summed E-state index contributed by atoms with van der Waals surface area (Å²) in [6, 6.07) is 14.6. The molecule has 2 aromatic heterocycles. The van der Waals surface area contributed by atoms with Gasteiger partial charge in [-0.2, -0.15) is 18.3 Å². The first-order valence-corrected chi connectivity index (χ1v) is 9.59. The molecule has 0 unspecified atom stereocenters. The van der Waals surface area contributed by atoms with Crippen LogP contribution in [0.15, 0.2) is 60.8 Å². The molecular formula is C22H17ClF3N3O. The summed E-state index contributed by atoms with van der Waals surface area (Å²) in [5.74, 6) is 0.636. The Labute approximate surface area is 175 Å². The number of rotatable bonds is 4. The summed E-state index contributed by atoms with van der Waals surface area (Å²) in [5.41, 5.74) is 1.12. The van der Waals surface area contributed by atoms with Gasteiger partial charge in [-0.05, 0) is 61.9 Å². The zero-order valence-electron chi connectivity index (χ0n) is 16.1. The van der Waals surface area contributed by atoms with Crippen molar-refractivity contribution in [2.24, 2.45) is 0 Å². The van der Waals surface area contributed by atoms with Gasteiger partial charge in [0.15, 0.2) is 11.3 Å². The summed E-state index contributed by atoms with van der Waals surface area (Å²) < 4.78 is 47.7. The zero-order valence-corrected chi connectivity index (χ0v) is 16.9. The van der Waals surface area contributed by atoms with Crippen molar-refractivity contribution in [2.45, 2.75) is 26.1 Å². The normalized spacial score (nSPS) is 12.0. The first-order chi connectivity index (χ1) is 14.2. The van der Waals surface area contributed by atoms with Crippen LogP contribution in [0.25, 0.3) is 28.0 Å².